The van der Waals surface area contributed by atoms with Crippen LogP contribution in [0, 0.1) is 0 Å². The molecule has 0 amide bonds. The molecule has 5 nitrogen and oxygen atoms in total. The summed E-state index contributed by atoms with van der Waals surface area (Å²) in [7, 11) is 1.59. The van der Waals surface area contributed by atoms with Gasteiger partial charge in [0.05, 0.1) is 6.61 Å². The Morgan fingerprint density at radius 2 is 2.10 bits per heavy atom. The molecule has 0 aliphatic rings. The summed E-state index contributed by atoms with van der Waals surface area (Å²) in [6, 6.07) is 7.42. The van der Waals surface area contributed by atoms with Crippen molar-refractivity contribution in [3.05, 3.63) is 41.2 Å². The van der Waals surface area contributed by atoms with Crippen LogP contribution < -0.4 is 0 Å². The minimum atomic E-state index is -1.03. The number of carboxylic acids is 1. The fraction of sp³-hybridized carbons (Fsp3) is 0.333. The predicted octanol–water partition coefficient (Wildman–Crippen LogP) is 3.31. The molecule has 0 spiro atoms. The monoisotopic (exact) mass is 275 g/mol. The van der Waals surface area contributed by atoms with Crippen LogP contribution in [0.1, 0.15) is 41.4 Å². The molecule has 1 heterocycles. The van der Waals surface area contributed by atoms with Gasteiger partial charge in [0.1, 0.15) is 11.3 Å². The van der Waals surface area contributed by atoms with E-state index >= 15 is 0 Å². The molecule has 20 heavy (non-hydrogen) atoms. The normalized spacial score (nSPS) is 11.0. The molecule has 0 saturated heterocycles. The first-order valence-electron chi connectivity index (χ1n) is 6.36. The average molecular weight is 275 g/mol. The van der Waals surface area contributed by atoms with Gasteiger partial charge in [0.2, 0.25) is 0 Å². The fourth-order valence-corrected chi connectivity index (χ4v) is 2.12. The van der Waals surface area contributed by atoms with Gasteiger partial charge in [-0.05, 0) is 5.56 Å². The van der Waals surface area contributed by atoms with E-state index in [0.29, 0.717) is 18.1 Å². The molecule has 2 aromatic rings. The van der Waals surface area contributed by atoms with E-state index in [4.69, 9.17) is 9.26 Å². The van der Waals surface area contributed by atoms with Gasteiger partial charge in [-0.15, -0.1) is 0 Å². The summed E-state index contributed by atoms with van der Waals surface area (Å²) in [5, 5.41) is 13.4. The van der Waals surface area contributed by atoms with Crippen molar-refractivity contribution >= 4 is 5.97 Å². The number of carboxylic acid groups (broad SMARTS) is 1. The summed E-state index contributed by atoms with van der Waals surface area (Å²) in [6.07, 6.45) is 0. The average Bonchev–Trinajstić information content (AvgIpc) is 2.84. The zero-order valence-electron chi connectivity index (χ0n) is 11.7. The standard InChI is InChI=1S/C15H17NO4/c1-9(2)14-12(15(17)18)13(16-20-14)11-7-5-4-6-10(11)8-19-3/h4-7,9H,8H2,1-3H3,(H,17,18). The number of nitrogens with zero attached hydrogens (tertiary/aromatic N) is 1. The highest BCUT2D eigenvalue weighted by atomic mass is 16.5. The van der Waals surface area contributed by atoms with Crippen molar-refractivity contribution in [2.45, 2.75) is 26.4 Å². The lowest BCUT2D eigenvalue weighted by molar-refractivity contribution is 0.0694. The molecule has 1 aromatic heterocycles. The van der Waals surface area contributed by atoms with Crippen LogP contribution in [0.25, 0.3) is 11.3 Å². The number of carbonyl (C=O) groups is 1. The Morgan fingerprint density at radius 1 is 1.40 bits per heavy atom. The number of aromatic nitrogens is 1. The Bertz CT molecular complexity index is 616. The first kappa shape index (κ1) is 14.3. The topological polar surface area (TPSA) is 72.6 Å². The molecule has 1 aromatic carbocycles. The molecule has 0 radical (unpaired) electrons. The highest BCUT2D eigenvalue weighted by molar-refractivity contribution is 5.96. The quantitative estimate of drug-likeness (QED) is 0.906. The van der Waals surface area contributed by atoms with E-state index < -0.39 is 5.97 Å². The number of methoxy groups -OCH3 is 1. The van der Waals surface area contributed by atoms with Crippen LogP contribution in [0.3, 0.4) is 0 Å². The second-order valence-electron chi connectivity index (χ2n) is 4.82. The van der Waals surface area contributed by atoms with E-state index in [9.17, 15) is 9.90 Å². The molecule has 0 saturated carbocycles. The van der Waals surface area contributed by atoms with Gasteiger partial charge in [-0.25, -0.2) is 4.79 Å². The summed E-state index contributed by atoms with van der Waals surface area (Å²) in [6.45, 7) is 4.13. The number of ether oxygens (including phenoxy) is 1. The number of benzene rings is 1. The molecule has 2 rings (SSSR count). The van der Waals surface area contributed by atoms with Gasteiger partial charge in [0, 0.05) is 18.6 Å². The first-order chi connectivity index (χ1) is 9.56. The molecule has 0 fully saturated rings. The van der Waals surface area contributed by atoms with E-state index in [0.717, 1.165) is 11.1 Å². The maximum absolute atomic E-state index is 11.5. The van der Waals surface area contributed by atoms with Crippen molar-refractivity contribution in [3.8, 4) is 11.3 Å². The molecular weight excluding hydrogens is 258 g/mol. The third-order valence-corrected chi connectivity index (χ3v) is 3.03. The fourth-order valence-electron chi connectivity index (χ4n) is 2.12. The van der Waals surface area contributed by atoms with Crippen LogP contribution in [0.5, 0.6) is 0 Å². The van der Waals surface area contributed by atoms with E-state index in [1.165, 1.54) is 0 Å². The Balaban J connectivity index is 2.61. The van der Waals surface area contributed by atoms with Gasteiger partial charge in [-0.1, -0.05) is 43.3 Å². The van der Waals surface area contributed by atoms with Crippen molar-refractivity contribution in [1.29, 1.82) is 0 Å². The summed E-state index contributed by atoms with van der Waals surface area (Å²) in [4.78, 5) is 11.5. The maximum atomic E-state index is 11.5. The molecule has 0 bridgehead atoms. The van der Waals surface area contributed by atoms with Crippen LogP contribution in [-0.2, 0) is 11.3 Å². The zero-order valence-corrected chi connectivity index (χ0v) is 11.7. The summed E-state index contributed by atoms with van der Waals surface area (Å²) >= 11 is 0. The smallest absolute Gasteiger partial charge is 0.341 e. The highest BCUT2D eigenvalue weighted by Crippen LogP contribution is 2.32. The number of rotatable bonds is 5. The van der Waals surface area contributed by atoms with Crippen molar-refractivity contribution in [2.75, 3.05) is 7.11 Å². The lowest BCUT2D eigenvalue weighted by atomic mass is 9.98. The van der Waals surface area contributed by atoms with E-state index in [1.54, 1.807) is 7.11 Å². The zero-order chi connectivity index (χ0) is 14.7. The van der Waals surface area contributed by atoms with Gasteiger partial charge in [0.15, 0.2) is 5.76 Å². The Morgan fingerprint density at radius 3 is 2.70 bits per heavy atom. The minimum Gasteiger partial charge on any atom is -0.477 e. The van der Waals surface area contributed by atoms with Crippen LogP contribution >= 0.6 is 0 Å². The molecule has 0 unspecified atom stereocenters. The van der Waals surface area contributed by atoms with E-state index in [1.807, 2.05) is 38.1 Å². The number of hydrogen-bond donors (Lipinski definition) is 1. The third-order valence-electron chi connectivity index (χ3n) is 3.03. The van der Waals surface area contributed by atoms with Crippen molar-refractivity contribution in [2.24, 2.45) is 0 Å². The van der Waals surface area contributed by atoms with Crippen molar-refractivity contribution in [3.63, 3.8) is 0 Å². The van der Waals surface area contributed by atoms with Crippen LogP contribution in [0.15, 0.2) is 28.8 Å². The molecule has 0 aliphatic carbocycles. The predicted molar refractivity (Wildman–Crippen MR) is 73.7 cm³/mol. The number of hydrogen-bond acceptors (Lipinski definition) is 4. The minimum absolute atomic E-state index is 0.0445. The Hall–Kier alpha value is -2.14. The summed E-state index contributed by atoms with van der Waals surface area (Å²) in [5.74, 6) is -0.686. The molecule has 1 N–H and O–H groups in total. The number of aromatic carboxylic acids is 1. The van der Waals surface area contributed by atoms with Crippen molar-refractivity contribution in [1.82, 2.24) is 5.16 Å². The molecule has 0 atom stereocenters. The second kappa shape index (κ2) is 5.88. The van der Waals surface area contributed by atoms with E-state index in [2.05, 4.69) is 5.16 Å². The van der Waals surface area contributed by atoms with Crippen LogP contribution in [0.4, 0.5) is 0 Å². The van der Waals surface area contributed by atoms with Crippen molar-refractivity contribution < 1.29 is 19.2 Å². The SMILES string of the molecule is COCc1ccccc1-c1noc(C(C)C)c1C(=O)O. The summed E-state index contributed by atoms with van der Waals surface area (Å²) in [5.41, 5.74) is 2.08. The van der Waals surface area contributed by atoms with Gasteiger partial charge >= 0.3 is 5.97 Å². The maximum Gasteiger partial charge on any atom is 0.341 e. The molecule has 5 heteroatoms. The van der Waals surface area contributed by atoms with Gasteiger partial charge in [-0.2, -0.15) is 0 Å². The highest BCUT2D eigenvalue weighted by Gasteiger charge is 2.26. The molecular formula is C15H17NO4. The third kappa shape index (κ3) is 2.58. The molecule has 106 valence electrons. The lowest BCUT2D eigenvalue weighted by Crippen LogP contribution is -2.03. The largest absolute Gasteiger partial charge is 0.477 e. The van der Waals surface area contributed by atoms with Gasteiger partial charge in [-0.3, -0.25) is 0 Å². The van der Waals surface area contributed by atoms with Crippen LogP contribution in [-0.4, -0.2) is 23.3 Å². The second-order valence-corrected chi connectivity index (χ2v) is 4.82. The molecule has 0 aliphatic heterocycles. The van der Waals surface area contributed by atoms with Gasteiger partial charge < -0.3 is 14.4 Å². The lowest BCUT2D eigenvalue weighted by Gasteiger charge is -2.07. The van der Waals surface area contributed by atoms with Crippen LogP contribution in [0.2, 0.25) is 0 Å². The van der Waals surface area contributed by atoms with Gasteiger partial charge in [0.25, 0.3) is 0 Å². The Kier molecular flexibility index (Phi) is 4.20. The first-order valence-corrected chi connectivity index (χ1v) is 6.36. The Labute approximate surface area is 117 Å². The van der Waals surface area contributed by atoms with E-state index in [-0.39, 0.29) is 11.5 Å². The summed E-state index contributed by atoms with van der Waals surface area (Å²) < 4.78 is 10.4.